The van der Waals surface area contributed by atoms with Gasteiger partial charge in [-0.1, -0.05) is 19.1 Å². The predicted octanol–water partition coefficient (Wildman–Crippen LogP) is 2.42. The number of amides is 1. The summed E-state index contributed by atoms with van der Waals surface area (Å²) in [5, 5.41) is 4.57. The first kappa shape index (κ1) is 16.6. The fraction of sp³-hybridized carbons (Fsp3) is 0.200. The monoisotopic (exact) mass is 407 g/mol. The summed E-state index contributed by atoms with van der Waals surface area (Å²) in [6, 6.07) is 7.00. The normalized spacial score (nSPS) is 12.2. The predicted molar refractivity (Wildman–Crippen MR) is 96.9 cm³/mol. The van der Waals surface area contributed by atoms with E-state index in [0.717, 1.165) is 9.15 Å². The van der Waals surface area contributed by atoms with Crippen molar-refractivity contribution in [3.8, 4) is 0 Å². The van der Waals surface area contributed by atoms with Crippen molar-refractivity contribution in [2.75, 3.05) is 5.43 Å². The Kier molecular flexibility index (Phi) is 4.63. The maximum atomic E-state index is 12.5. The van der Waals surface area contributed by atoms with Crippen LogP contribution in [-0.4, -0.2) is 25.3 Å². The zero-order chi connectivity index (χ0) is 17.3. The van der Waals surface area contributed by atoms with Gasteiger partial charge in [-0.3, -0.25) is 19.7 Å². The summed E-state index contributed by atoms with van der Waals surface area (Å²) in [4.78, 5) is 27.8. The zero-order valence-corrected chi connectivity index (χ0v) is 15.1. The Morgan fingerprint density at radius 2 is 2.21 bits per heavy atom. The maximum absolute atomic E-state index is 12.5. The van der Waals surface area contributed by atoms with Gasteiger partial charge in [-0.05, 0) is 40.3 Å². The van der Waals surface area contributed by atoms with Crippen LogP contribution in [0.5, 0.6) is 0 Å². The van der Waals surface area contributed by atoms with E-state index >= 15 is 0 Å². The van der Waals surface area contributed by atoms with Crippen molar-refractivity contribution in [2.45, 2.75) is 13.5 Å². The van der Waals surface area contributed by atoms with Gasteiger partial charge in [0.25, 0.3) is 5.56 Å². The summed E-state index contributed by atoms with van der Waals surface area (Å²) in [5.74, 6) is -0.719. The van der Waals surface area contributed by atoms with Gasteiger partial charge in [0.15, 0.2) is 4.77 Å². The van der Waals surface area contributed by atoms with E-state index in [4.69, 9.17) is 12.2 Å². The minimum Gasteiger partial charge on any atom is -0.330 e. The molecule has 1 atom stereocenters. The van der Waals surface area contributed by atoms with Crippen molar-refractivity contribution in [3.05, 3.63) is 56.3 Å². The first-order valence-electron chi connectivity index (χ1n) is 7.18. The van der Waals surface area contributed by atoms with E-state index < -0.39 is 5.92 Å². The number of aromatic nitrogens is 4. The number of aromatic amines is 1. The van der Waals surface area contributed by atoms with Gasteiger partial charge in [-0.2, -0.15) is 9.77 Å². The minimum absolute atomic E-state index is 0.140. The summed E-state index contributed by atoms with van der Waals surface area (Å²) in [7, 11) is 0. The van der Waals surface area contributed by atoms with Gasteiger partial charge in [-0.25, -0.2) is 0 Å². The highest BCUT2D eigenvalue weighted by atomic mass is 79.9. The lowest BCUT2D eigenvalue weighted by Crippen LogP contribution is -2.38. The van der Waals surface area contributed by atoms with Crippen LogP contribution in [-0.2, 0) is 11.3 Å². The van der Waals surface area contributed by atoms with Crippen molar-refractivity contribution < 1.29 is 4.79 Å². The molecule has 0 fully saturated rings. The molecule has 0 saturated carbocycles. The van der Waals surface area contributed by atoms with Crippen molar-refractivity contribution in [1.82, 2.24) is 19.4 Å². The number of H-pyrrole nitrogens is 1. The van der Waals surface area contributed by atoms with Gasteiger partial charge >= 0.3 is 0 Å². The van der Waals surface area contributed by atoms with E-state index in [9.17, 15) is 9.59 Å². The van der Waals surface area contributed by atoms with Gasteiger partial charge < -0.3 is 4.98 Å². The van der Waals surface area contributed by atoms with Crippen LogP contribution in [0.3, 0.4) is 0 Å². The van der Waals surface area contributed by atoms with Gasteiger partial charge in [0.05, 0.1) is 34.0 Å². The Hall–Kier alpha value is -2.26. The highest BCUT2D eigenvalue weighted by Crippen LogP contribution is 2.09. The number of hydrogen-bond donors (Lipinski definition) is 2. The van der Waals surface area contributed by atoms with Crippen LogP contribution < -0.4 is 11.0 Å². The molecular weight excluding hydrogens is 394 g/mol. The molecule has 0 aliphatic heterocycles. The maximum Gasteiger partial charge on any atom is 0.281 e. The van der Waals surface area contributed by atoms with Gasteiger partial charge in [0.2, 0.25) is 5.91 Å². The lowest BCUT2D eigenvalue weighted by molar-refractivity contribution is -0.120. The lowest BCUT2D eigenvalue weighted by atomic mass is 10.2. The first-order valence-corrected chi connectivity index (χ1v) is 8.39. The van der Waals surface area contributed by atoms with Gasteiger partial charge in [0, 0.05) is 6.20 Å². The molecule has 0 aliphatic rings. The Morgan fingerprint density at radius 3 is 2.92 bits per heavy atom. The number of para-hydroxylation sites is 1. The smallest absolute Gasteiger partial charge is 0.281 e. The quantitative estimate of drug-likeness (QED) is 0.650. The fourth-order valence-corrected chi connectivity index (χ4v) is 2.85. The number of rotatable bonds is 4. The minimum atomic E-state index is -0.399. The first-order chi connectivity index (χ1) is 11.5. The van der Waals surface area contributed by atoms with E-state index in [-0.39, 0.29) is 16.2 Å². The Bertz CT molecular complexity index is 1020. The van der Waals surface area contributed by atoms with Crippen LogP contribution in [0.4, 0.5) is 0 Å². The average molecular weight is 408 g/mol. The molecule has 24 heavy (non-hydrogen) atoms. The average Bonchev–Trinajstić information content (AvgIpc) is 2.96. The van der Waals surface area contributed by atoms with Crippen molar-refractivity contribution in [1.29, 1.82) is 0 Å². The fourth-order valence-electron chi connectivity index (χ4n) is 2.29. The molecule has 1 unspecified atom stereocenters. The lowest BCUT2D eigenvalue weighted by Gasteiger charge is -2.14. The summed E-state index contributed by atoms with van der Waals surface area (Å²) in [6.45, 7) is 2.14. The van der Waals surface area contributed by atoms with Crippen molar-refractivity contribution in [3.63, 3.8) is 0 Å². The molecule has 0 aliphatic carbocycles. The van der Waals surface area contributed by atoms with Crippen LogP contribution in [0.2, 0.25) is 0 Å². The van der Waals surface area contributed by atoms with Crippen LogP contribution >= 0.6 is 28.1 Å². The number of nitrogens with zero attached hydrogens (tertiary/aromatic N) is 3. The number of carbonyl (C=O) groups is 1. The number of hydrogen-bond acceptors (Lipinski definition) is 4. The topological polar surface area (TPSA) is 84.7 Å². The molecule has 2 N–H and O–H groups in total. The second kappa shape index (κ2) is 6.70. The highest BCUT2D eigenvalue weighted by molar-refractivity contribution is 9.10. The van der Waals surface area contributed by atoms with Crippen LogP contribution in [0.25, 0.3) is 10.9 Å². The molecule has 0 bridgehead atoms. The highest BCUT2D eigenvalue weighted by Gasteiger charge is 2.16. The number of carbonyl (C=O) groups excluding carboxylic acids is 1. The molecule has 3 aromatic rings. The molecule has 0 radical (unpaired) electrons. The SMILES string of the molecule is CC(Cn1cc(Br)cn1)C(=O)Nn1c(=S)[nH]c2ccccc2c1=O. The molecule has 2 heterocycles. The molecule has 1 aromatic carbocycles. The van der Waals surface area contributed by atoms with Crippen molar-refractivity contribution in [2.24, 2.45) is 5.92 Å². The van der Waals surface area contributed by atoms with E-state index in [2.05, 4.69) is 31.4 Å². The number of halogens is 1. The standard InChI is InChI=1S/C15H14BrN5O2S/c1-9(7-20-8-10(16)6-17-20)13(22)19-21-14(23)11-4-2-3-5-12(11)18-15(21)24/h2-6,8-9H,7H2,1H3,(H,18,24)(H,19,22). The number of nitrogens with one attached hydrogen (secondary N) is 2. The van der Waals surface area contributed by atoms with E-state index in [1.807, 2.05) is 0 Å². The largest absolute Gasteiger partial charge is 0.330 e. The van der Waals surface area contributed by atoms with E-state index in [1.165, 1.54) is 0 Å². The Balaban J connectivity index is 1.85. The van der Waals surface area contributed by atoms with Gasteiger partial charge in [-0.15, -0.1) is 0 Å². The molecular formula is C15H14BrN5O2S. The van der Waals surface area contributed by atoms with Crippen LogP contribution in [0.15, 0.2) is 45.9 Å². The molecule has 1 amide bonds. The third-order valence-electron chi connectivity index (χ3n) is 3.54. The second-order valence-electron chi connectivity index (χ2n) is 5.37. The summed E-state index contributed by atoms with van der Waals surface area (Å²) >= 11 is 8.48. The molecule has 7 nitrogen and oxygen atoms in total. The van der Waals surface area contributed by atoms with Crippen LogP contribution in [0, 0.1) is 10.7 Å². The summed E-state index contributed by atoms with van der Waals surface area (Å²) < 4.78 is 3.69. The summed E-state index contributed by atoms with van der Waals surface area (Å²) in [6.07, 6.45) is 3.42. The van der Waals surface area contributed by atoms with Gasteiger partial charge in [0.1, 0.15) is 0 Å². The third-order valence-corrected chi connectivity index (χ3v) is 4.23. The molecule has 2 aromatic heterocycles. The van der Waals surface area contributed by atoms with E-state index in [1.54, 1.807) is 48.3 Å². The number of benzene rings is 1. The third kappa shape index (κ3) is 3.31. The van der Waals surface area contributed by atoms with Crippen LogP contribution in [0.1, 0.15) is 6.92 Å². The molecule has 0 saturated heterocycles. The number of fused-ring (bicyclic) bond motifs is 1. The Labute approximate surface area is 150 Å². The van der Waals surface area contributed by atoms with Crippen molar-refractivity contribution >= 4 is 45.0 Å². The Morgan fingerprint density at radius 1 is 1.46 bits per heavy atom. The van der Waals surface area contributed by atoms with E-state index in [0.29, 0.717) is 17.4 Å². The second-order valence-corrected chi connectivity index (χ2v) is 6.68. The summed E-state index contributed by atoms with van der Waals surface area (Å²) in [5.41, 5.74) is 2.84. The molecule has 3 rings (SSSR count). The molecule has 9 heteroatoms. The molecule has 0 spiro atoms. The molecule has 124 valence electrons. The zero-order valence-electron chi connectivity index (χ0n) is 12.7.